The predicted molar refractivity (Wildman–Crippen MR) is 124 cm³/mol. The van der Waals surface area contributed by atoms with Crippen LogP contribution in [0.2, 0.25) is 0 Å². The van der Waals surface area contributed by atoms with E-state index in [2.05, 4.69) is 28.3 Å². The first-order chi connectivity index (χ1) is 15.0. The molecule has 5 heteroatoms. The number of hydrogen-bond donors (Lipinski definition) is 1. The number of hydrogen-bond acceptors (Lipinski definition) is 3. The summed E-state index contributed by atoms with van der Waals surface area (Å²) in [5.41, 5.74) is 9.74. The Balaban J connectivity index is 1.53. The monoisotopic (exact) mass is 413 g/mol. The van der Waals surface area contributed by atoms with E-state index in [1.807, 2.05) is 44.7 Å². The molecule has 1 radical (unpaired) electrons. The van der Waals surface area contributed by atoms with E-state index >= 15 is 0 Å². The zero-order valence-corrected chi connectivity index (χ0v) is 18.4. The van der Waals surface area contributed by atoms with Crippen molar-refractivity contribution in [3.05, 3.63) is 82.5 Å². The SMILES string of the molecule is [CH2]c1cccc(-n2cc(CN(C)C)cn2)c1C(=O)Nc1c2c(cc3c1CCC3)CCC2. The van der Waals surface area contributed by atoms with E-state index in [1.165, 1.54) is 35.1 Å². The van der Waals surface area contributed by atoms with Crippen molar-refractivity contribution in [3.8, 4) is 5.69 Å². The molecule has 31 heavy (non-hydrogen) atoms. The van der Waals surface area contributed by atoms with Crippen LogP contribution in [0.4, 0.5) is 5.69 Å². The molecule has 2 aliphatic carbocycles. The van der Waals surface area contributed by atoms with E-state index < -0.39 is 0 Å². The van der Waals surface area contributed by atoms with Gasteiger partial charge in [0.1, 0.15) is 0 Å². The molecule has 2 aromatic carbocycles. The number of amides is 1. The molecule has 3 aromatic rings. The normalized spacial score (nSPS) is 14.7. The molecule has 2 aliphatic rings. The molecule has 1 aromatic heterocycles. The smallest absolute Gasteiger partial charge is 0.258 e. The quantitative estimate of drug-likeness (QED) is 0.677. The number of nitrogens with one attached hydrogen (secondary N) is 1. The van der Waals surface area contributed by atoms with Crippen LogP contribution in [0.15, 0.2) is 36.7 Å². The fourth-order valence-electron chi connectivity index (χ4n) is 5.12. The van der Waals surface area contributed by atoms with Gasteiger partial charge in [-0.3, -0.25) is 4.79 Å². The Labute approximate surface area is 184 Å². The lowest BCUT2D eigenvalue weighted by Gasteiger charge is -2.18. The summed E-state index contributed by atoms with van der Waals surface area (Å²) in [4.78, 5) is 15.7. The first kappa shape index (κ1) is 20.0. The summed E-state index contributed by atoms with van der Waals surface area (Å²) < 4.78 is 1.79. The van der Waals surface area contributed by atoms with Crippen molar-refractivity contribution in [2.45, 2.75) is 45.1 Å². The number of carbonyl (C=O) groups excluding carboxylic acids is 1. The Hall–Kier alpha value is -2.92. The molecule has 0 bridgehead atoms. The maximum atomic E-state index is 13.6. The number of fused-ring (bicyclic) bond motifs is 2. The van der Waals surface area contributed by atoms with Gasteiger partial charge in [0.25, 0.3) is 5.91 Å². The lowest BCUT2D eigenvalue weighted by atomic mass is 9.98. The Morgan fingerprint density at radius 1 is 1.13 bits per heavy atom. The minimum absolute atomic E-state index is 0.0975. The molecular weight excluding hydrogens is 384 g/mol. The average Bonchev–Trinajstić information content (AvgIpc) is 3.47. The van der Waals surface area contributed by atoms with Gasteiger partial charge in [-0.05, 0) is 93.4 Å². The van der Waals surface area contributed by atoms with Gasteiger partial charge in [-0.25, -0.2) is 4.68 Å². The summed E-state index contributed by atoms with van der Waals surface area (Å²) in [6.45, 7) is 4.96. The predicted octanol–water partition coefficient (Wildman–Crippen LogP) is 4.35. The van der Waals surface area contributed by atoms with Gasteiger partial charge < -0.3 is 10.2 Å². The lowest BCUT2D eigenvalue weighted by molar-refractivity contribution is 0.102. The highest BCUT2D eigenvalue weighted by molar-refractivity contribution is 6.09. The van der Waals surface area contributed by atoms with Gasteiger partial charge in [0, 0.05) is 24.0 Å². The van der Waals surface area contributed by atoms with Crippen molar-refractivity contribution in [3.63, 3.8) is 0 Å². The number of nitrogens with zero attached hydrogens (tertiary/aromatic N) is 3. The van der Waals surface area contributed by atoms with Crippen LogP contribution in [0, 0.1) is 6.92 Å². The third-order valence-corrected chi connectivity index (χ3v) is 6.45. The highest BCUT2D eigenvalue weighted by atomic mass is 16.1. The summed E-state index contributed by atoms with van der Waals surface area (Å²) in [6.07, 6.45) is 10.5. The van der Waals surface area contributed by atoms with E-state index in [1.54, 1.807) is 4.68 Å². The number of carbonyl (C=O) groups is 1. The molecule has 0 saturated carbocycles. The highest BCUT2D eigenvalue weighted by Gasteiger charge is 2.26. The molecule has 5 nitrogen and oxygen atoms in total. The first-order valence-corrected chi connectivity index (χ1v) is 11.1. The first-order valence-electron chi connectivity index (χ1n) is 11.1. The molecule has 5 rings (SSSR count). The molecule has 1 amide bonds. The van der Waals surface area contributed by atoms with E-state index in [0.29, 0.717) is 11.1 Å². The van der Waals surface area contributed by atoms with Crippen LogP contribution in [0.1, 0.15) is 56.6 Å². The highest BCUT2D eigenvalue weighted by Crippen LogP contribution is 2.39. The van der Waals surface area contributed by atoms with Crippen LogP contribution in [0.5, 0.6) is 0 Å². The molecule has 0 aliphatic heterocycles. The Morgan fingerprint density at radius 3 is 2.52 bits per heavy atom. The summed E-state index contributed by atoms with van der Waals surface area (Å²) in [5.74, 6) is -0.0975. The topological polar surface area (TPSA) is 50.2 Å². The maximum Gasteiger partial charge on any atom is 0.258 e. The van der Waals surface area contributed by atoms with Gasteiger partial charge in [0.2, 0.25) is 0 Å². The third-order valence-electron chi connectivity index (χ3n) is 6.45. The van der Waals surface area contributed by atoms with Crippen molar-refractivity contribution in [2.75, 3.05) is 19.4 Å². The van der Waals surface area contributed by atoms with E-state index in [-0.39, 0.29) is 5.91 Å². The van der Waals surface area contributed by atoms with Crippen LogP contribution in [0.25, 0.3) is 5.69 Å². The van der Waals surface area contributed by atoms with Crippen LogP contribution in [-0.2, 0) is 32.2 Å². The van der Waals surface area contributed by atoms with E-state index in [9.17, 15) is 4.79 Å². The Morgan fingerprint density at radius 2 is 1.84 bits per heavy atom. The lowest BCUT2D eigenvalue weighted by Crippen LogP contribution is -2.19. The van der Waals surface area contributed by atoms with Crippen LogP contribution in [0.3, 0.4) is 0 Å². The minimum atomic E-state index is -0.0975. The third kappa shape index (κ3) is 3.68. The summed E-state index contributed by atoms with van der Waals surface area (Å²) in [5, 5.41) is 7.85. The van der Waals surface area contributed by atoms with Gasteiger partial charge in [-0.1, -0.05) is 18.2 Å². The zero-order valence-electron chi connectivity index (χ0n) is 18.4. The van der Waals surface area contributed by atoms with Gasteiger partial charge >= 0.3 is 0 Å². The van der Waals surface area contributed by atoms with Crippen molar-refractivity contribution in [1.82, 2.24) is 14.7 Å². The van der Waals surface area contributed by atoms with Crippen LogP contribution in [-0.4, -0.2) is 34.7 Å². The fraction of sp³-hybridized carbons (Fsp3) is 0.346. The van der Waals surface area contributed by atoms with Gasteiger partial charge in [0.15, 0.2) is 0 Å². The molecule has 0 saturated heterocycles. The Bertz CT molecular complexity index is 1130. The molecule has 0 fully saturated rings. The van der Waals surface area contributed by atoms with Crippen molar-refractivity contribution >= 4 is 11.6 Å². The van der Waals surface area contributed by atoms with E-state index in [4.69, 9.17) is 0 Å². The van der Waals surface area contributed by atoms with Crippen LogP contribution < -0.4 is 5.32 Å². The molecular formula is C26H29N4O. The second-order valence-corrected chi connectivity index (χ2v) is 9.03. The molecule has 0 spiro atoms. The summed E-state index contributed by atoms with van der Waals surface area (Å²) >= 11 is 0. The molecule has 1 N–H and O–H groups in total. The number of rotatable bonds is 5. The van der Waals surface area contributed by atoms with Crippen LogP contribution >= 0.6 is 0 Å². The molecule has 1 heterocycles. The number of aromatic nitrogens is 2. The Kier molecular flexibility index (Phi) is 5.14. The van der Waals surface area contributed by atoms with Gasteiger partial charge in [0.05, 0.1) is 17.4 Å². The van der Waals surface area contributed by atoms with E-state index in [0.717, 1.165) is 49.2 Å². The number of aryl methyl sites for hydroxylation is 2. The number of anilines is 1. The van der Waals surface area contributed by atoms with Crippen molar-refractivity contribution in [2.24, 2.45) is 0 Å². The second-order valence-electron chi connectivity index (χ2n) is 9.03. The number of benzene rings is 2. The summed E-state index contributed by atoms with van der Waals surface area (Å²) in [7, 11) is 4.06. The molecule has 159 valence electrons. The standard InChI is InChI=1S/C26H29N4O/c1-17-7-4-12-23(30-16-18(14-27-30)15-29(2)3)24(17)26(31)28-25-21-10-5-8-19(21)13-20-9-6-11-22(20)25/h4,7,12-14,16H,1,5-6,8-11,15H2,2-3H3,(H,28,31). The average molecular weight is 414 g/mol. The van der Waals surface area contributed by atoms with Gasteiger partial charge in [-0.15, -0.1) is 0 Å². The van der Waals surface area contributed by atoms with Gasteiger partial charge in [-0.2, -0.15) is 5.10 Å². The fourth-order valence-corrected chi connectivity index (χ4v) is 5.12. The minimum Gasteiger partial charge on any atom is -0.321 e. The zero-order chi connectivity index (χ0) is 21.5. The summed E-state index contributed by atoms with van der Waals surface area (Å²) in [6, 6.07) is 8.15. The van der Waals surface area contributed by atoms with Crippen molar-refractivity contribution < 1.29 is 4.79 Å². The largest absolute Gasteiger partial charge is 0.321 e. The van der Waals surface area contributed by atoms with Crippen molar-refractivity contribution in [1.29, 1.82) is 0 Å². The second kappa shape index (κ2) is 7.97. The maximum absolute atomic E-state index is 13.6. The molecule has 0 atom stereocenters. The molecule has 0 unspecified atom stereocenters.